The van der Waals surface area contributed by atoms with E-state index in [0.717, 1.165) is 44.9 Å². The van der Waals surface area contributed by atoms with Crippen LogP contribution in [0.2, 0.25) is 0 Å². The van der Waals surface area contributed by atoms with Gasteiger partial charge in [-0.05, 0) is 44.9 Å². The minimum Gasteiger partial charge on any atom is -0.462 e. The van der Waals surface area contributed by atoms with Crippen molar-refractivity contribution in [1.82, 2.24) is 0 Å². The van der Waals surface area contributed by atoms with E-state index in [1.54, 1.807) is 0 Å². The average molecular weight is 703 g/mol. The summed E-state index contributed by atoms with van der Waals surface area (Å²) in [6.45, 7) is 4.21. The third-order valence-corrected chi connectivity index (χ3v) is 8.97. The van der Waals surface area contributed by atoms with Gasteiger partial charge in [-0.3, -0.25) is 18.6 Å². The van der Waals surface area contributed by atoms with Crippen molar-refractivity contribution in [3.8, 4) is 0 Å². The number of phosphoric ester groups is 1. The molecule has 0 aliphatic rings. The molecule has 0 radical (unpaired) electrons. The van der Waals surface area contributed by atoms with Gasteiger partial charge in [-0.15, -0.1) is 0 Å². The second-order valence-electron chi connectivity index (χ2n) is 14.0. The van der Waals surface area contributed by atoms with E-state index in [4.69, 9.17) is 18.5 Å². The first-order valence-corrected chi connectivity index (χ1v) is 20.6. The minimum atomic E-state index is -4.35. The van der Waals surface area contributed by atoms with Gasteiger partial charge in [0.25, 0.3) is 0 Å². The third-order valence-electron chi connectivity index (χ3n) is 7.98. The number of ether oxygens (including phenoxy) is 2. The number of likely N-dealkylation sites (N-methyl/N-ethyl adjacent to an activating group) is 1. The number of rotatable bonds is 34. The summed E-state index contributed by atoms with van der Waals surface area (Å²) in [5.74, 6) is -0.832. The fourth-order valence-corrected chi connectivity index (χ4v) is 5.67. The number of allylic oxidation sites excluding steroid dienone is 4. The molecule has 0 heterocycles. The Morgan fingerprint density at radius 2 is 1.12 bits per heavy atom. The van der Waals surface area contributed by atoms with Gasteiger partial charge in [-0.1, -0.05) is 122 Å². The quantitative estimate of drug-likeness (QED) is 0.0232. The number of unbranched alkanes of at least 4 members (excludes halogenated alkanes) is 16. The summed E-state index contributed by atoms with van der Waals surface area (Å²) in [6.07, 6.45) is 31.7. The Morgan fingerprint density at radius 3 is 1.69 bits per heavy atom. The lowest BCUT2D eigenvalue weighted by atomic mass is 10.1. The summed E-state index contributed by atoms with van der Waals surface area (Å²) in [4.78, 5) is 34.7. The zero-order chi connectivity index (χ0) is 35.8. The van der Waals surface area contributed by atoms with Gasteiger partial charge < -0.3 is 18.9 Å². The molecule has 282 valence electrons. The molecule has 0 aliphatic carbocycles. The fourth-order valence-electron chi connectivity index (χ4n) is 4.92. The molecule has 0 amide bonds. The highest BCUT2D eigenvalue weighted by molar-refractivity contribution is 7.47. The van der Waals surface area contributed by atoms with E-state index >= 15 is 0 Å². The molecular weight excluding hydrogens is 629 g/mol. The van der Waals surface area contributed by atoms with E-state index in [2.05, 4.69) is 31.2 Å². The highest BCUT2D eigenvalue weighted by atomic mass is 31.2. The number of hydrogen-bond donors (Lipinski definition) is 1. The van der Waals surface area contributed by atoms with Crippen molar-refractivity contribution >= 4 is 19.8 Å². The van der Waals surface area contributed by atoms with Crippen molar-refractivity contribution in [3.63, 3.8) is 0 Å². The average Bonchev–Trinajstić information content (AvgIpc) is 3.02. The summed E-state index contributed by atoms with van der Waals surface area (Å²) in [6, 6.07) is 0. The van der Waals surface area contributed by atoms with Crippen molar-refractivity contribution in [2.45, 2.75) is 161 Å². The van der Waals surface area contributed by atoms with E-state index in [-0.39, 0.29) is 26.1 Å². The van der Waals surface area contributed by atoms with Gasteiger partial charge in [0.2, 0.25) is 0 Å². The highest BCUT2D eigenvalue weighted by Crippen LogP contribution is 2.43. The van der Waals surface area contributed by atoms with Crippen LogP contribution in [0.3, 0.4) is 0 Å². The molecule has 0 saturated carbocycles. The molecule has 0 rings (SSSR count). The first kappa shape index (κ1) is 46.5. The van der Waals surface area contributed by atoms with Crippen LogP contribution in [0, 0.1) is 0 Å². The Bertz CT molecular complexity index is 886. The van der Waals surface area contributed by atoms with Crippen LogP contribution in [-0.2, 0) is 32.7 Å². The number of quaternary nitrogens is 1. The Labute approximate surface area is 294 Å². The maximum atomic E-state index is 12.5. The lowest BCUT2D eigenvalue weighted by Crippen LogP contribution is -2.37. The van der Waals surface area contributed by atoms with E-state index in [9.17, 15) is 19.0 Å². The molecular formula is C38H73NO8P+. The zero-order valence-corrected chi connectivity index (χ0v) is 32.4. The Balaban J connectivity index is 4.12. The van der Waals surface area contributed by atoms with Gasteiger partial charge in [0.05, 0.1) is 27.7 Å². The first-order valence-electron chi connectivity index (χ1n) is 19.1. The second kappa shape index (κ2) is 31.5. The molecule has 1 N–H and O–H groups in total. The smallest absolute Gasteiger partial charge is 0.462 e. The topological polar surface area (TPSA) is 108 Å². The summed E-state index contributed by atoms with van der Waals surface area (Å²) in [5.41, 5.74) is 0. The Hall–Kier alpha value is -1.51. The molecule has 0 aromatic heterocycles. The van der Waals surface area contributed by atoms with Crippen LogP contribution in [0.5, 0.6) is 0 Å². The molecule has 0 aromatic carbocycles. The molecule has 10 heteroatoms. The first-order chi connectivity index (χ1) is 23.0. The Morgan fingerprint density at radius 1 is 0.646 bits per heavy atom. The third kappa shape index (κ3) is 34.4. The highest BCUT2D eigenvalue weighted by Gasteiger charge is 2.27. The summed E-state index contributed by atoms with van der Waals surface area (Å²) in [5, 5.41) is 0. The molecule has 0 aromatic rings. The van der Waals surface area contributed by atoms with E-state index in [1.807, 2.05) is 28.1 Å². The SMILES string of the molecule is CCCCCCC/C=C\C/C=C\CCCCCCCCCCCC(=O)OC(COC(=O)CCCCC)COP(=O)(O)OCC[N+](C)(C)C. The number of carbonyl (C=O) groups excluding carboxylic acids is 2. The molecule has 0 aliphatic heterocycles. The maximum Gasteiger partial charge on any atom is 0.472 e. The van der Waals surface area contributed by atoms with Crippen molar-refractivity contribution in [2.24, 2.45) is 0 Å². The van der Waals surface area contributed by atoms with Gasteiger partial charge in [0.1, 0.15) is 19.8 Å². The van der Waals surface area contributed by atoms with Gasteiger partial charge in [0, 0.05) is 12.8 Å². The van der Waals surface area contributed by atoms with Gasteiger partial charge in [-0.2, -0.15) is 0 Å². The van der Waals surface area contributed by atoms with Crippen molar-refractivity contribution in [1.29, 1.82) is 0 Å². The molecule has 0 saturated heterocycles. The lowest BCUT2D eigenvalue weighted by molar-refractivity contribution is -0.870. The predicted octanol–water partition coefficient (Wildman–Crippen LogP) is 10.0. The van der Waals surface area contributed by atoms with Crippen LogP contribution in [0.1, 0.15) is 155 Å². The number of nitrogens with zero attached hydrogens (tertiary/aromatic N) is 1. The predicted molar refractivity (Wildman–Crippen MR) is 197 cm³/mol. The number of phosphoric acid groups is 1. The summed E-state index contributed by atoms with van der Waals surface area (Å²) >= 11 is 0. The zero-order valence-electron chi connectivity index (χ0n) is 31.5. The van der Waals surface area contributed by atoms with Crippen LogP contribution in [0.25, 0.3) is 0 Å². The Kier molecular flexibility index (Phi) is 30.5. The summed E-state index contributed by atoms with van der Waals surface area (Å²) in [7, 11) is 1.47. The molecule has 9 nitrogen and oxygen atoms in total. The molecule has 2 unspecified atom stereocenters. The number of hydrogen-bond acceptors (Lipinski definition) is 7. The van der Waals surface area contributed by atoms with Crippen LogP contribution >= 0.6 is 7.82 Å². The number of esters is 2. The minimum absolute atomic E-state index is 0.0311. The molecule has 0 bridgehead atoms. The molecule has 48 heavy (non-hydrogen) atoms. The fraction of sp³-hybridized carbons (Fsp3) is 0.842. The molecule has 0 spiro atoms. The van der Waals surface area contributed by atoms with Crippen molar-refractivity contribution < 1.29 is 42.1 Å². The van der Waals surface area contributed by atoms with Crippen molar-refractivity contribution in [2.75, 3.05) is 47.5 Å². The van der Waals surface area contributed by atoms with Gasteiger partial charge >= 0.3 is 19.8 Å². The van der Waals surface area contributed by atoms with Crippen molar-refractivity contribution in [3.05, 3.63) is 24.3 Å². The van der Waals surface area contributed by atoms with E-state index in [1.165, 1.54) is 77.0 Å². The summed E-state index contributed by atoms with van der Waals surface area (Å²) < 4.78 is 33.8. The molecule has 2 atom stereocenters. The number of carbonyl (C=O) groups is 2. The lowest BCUT2D eigenvalue weighted by Gasteiger charge is -2.24. The van der Waals surface area contributed by atoms with Crippen LogP contribution in [0.4, 0.5) is 0 Å². The standard InChI is InChI=1S/C38H72NO8P/c1-6-8-10-11-12-13-14-15-16-17-18-19-20-21-22-23-24-25-26-27-29-31-38(41)47-36(34-44-37(40)30-28-9-7-2)35-46-48(42,43)45-33-32-39(3,4)5/h14-15,17-18,36H,6-13,16,19-35H2,1-5H3/p+1/b15-14-,18-17-. The van der Waals surface area contributed by atoms with Crippen LogP contribution < -0.4 is 0 Å². The second-order valence-corrected chi connectivity index (χ2v) is 15.4. The van der Waals surface area contributed by atoms with Crippen LogP contribution in [0.15, 0.2) is 24.3 Å². The van der Waals surface area contributed by atoms with Gasteiger partial charge in [-0.25, -0.2) is 4.57 Å². The van der Waals surface area contributed by atoms with Crippen LogP contribution in [-0.4, -0.2) is 74.9 Å². The normalized spacial score (nSPS) is 14.0. The van der Waals surface area contributed by atoms with E-state index < -0.39 is 32.5 Å². The maximum absolute atomic E-state index is 12.5. The largest absolute Gasteiger partial charge is 0.472 e. The van der Waals surface area contributed by atoms with Gasteiger partial charge in [0.15, 0.2) is 6.10 Å². The monoisotopic (exact) mass is 703 g/mol. The van der Waals surface area contributed by atoms with E-state index in [0.29, 0.717) is 17.4 Å². The molecule has 0 fully saturated rings.